The van der Waals surface area contributed by atoms with Gasteiger partial charge < -0.3 is 15.2 Å². The first kappa shape index (κ1) is 21.8. The zero-order valence-electron chi connectivity index (χ0n) is 18.5. The van der Waals surface area contributed by atoms with E-state index in [1.165, 1.54) is 4.57 Å². The number of nitrogens with one attached hydrogen (secondary N) is 3. The van der Waals surface area contributed by atoms with Gasteiger partial charge in [0.05, 0.1) is 6.04 Å². The molecular weight excluding hydrogens is 410 g/mol. The Bertz CT molecular complexity index is 1210. The topological polar surface area (TPSA) is 129 Å². The van der Waals surface area contributed by atoms with Crippen molar-refractivity contribution in [1.82, 2.24) is 29.4 Å². The number of carbonyl (C=O) groups excluding carboxylic acids is 1. The molecule has 3 aromatic heterocycles. The molecule has 0 saturated carbocycles. The average Bonchev–Trinajstić information content (AvgIpc) is 3.40. The van der Waals surface area contributed by atoms with E-state index >= 15 is 0 Å². The van der Waals surface area contributed by atoms with Crippen LogP contribution in [0.2, 0.25) is 0 Å². The van der Waals surface area contributed by atoms with Crippen LogP contribution in [0.4, 0.5) is 5.82 Å². The minimum Gasteiger partial charge on any atom is -0.370 e. The van der Waals surface area contributed by atoms with E-state index in [-0.39, 0.29) is 11.9 Å². The summed E-state index contributed by atoms with van der Waals surface area (Å²) in [6.07, 6.45) is 5.13. The molecule has 0 aromatic carbocycles. The van der Waals surface area contributed by atoms with Crippen molar-refractivity contribution in [2.45, 2.75) is 58.5 Å². The Morgan fingerprint density at radius 2 is 2.03 bits per heavy atom. The molecule has 0 aliphatic carbocycles. The molecule has 1 amide bonds. The first-order valence-electron chi connectivity index (χ1n) is 11.2. The first-order chi connectivity index (χ1) is 15.5. The average molecular weight is 440 g/mol. The third-order valence-corrected chi connectivity index (χ3v) is 5.80. The number of likely N-dealkylation sites (tertiary alicyclic amines) is 1. The molecule has 0 bridgehead atoms. The van der Waals surface area contributed by atoms with Gasteiger partial charge in [-0.2, -0.15) is 0 Å². The Morgan fingerprint density at radius 3 is 2.69 bits per heavy atom. The SMILES string of the molecule is CCCn1c(=O)[nH]c(=O)c2[nH]c(CC[C@@H](c3ccc(NCC)nc3)N3CCCC3=O)nc21. The highest BCUT2D eigenvalue weighted by atomic mass is 16.2. The second kappa shape index (κ2) is 9.37. The number of fused-ring (bicyclic) bond motifs is 1. The lowest BCUT2D eigenvalue weighted by Gasteiger charge is -2.28. The lowest BCUT2D eigenvalue weighted by atomic mass is 10.0. The monoisotopic (exact) mass is 439 g/mol. The molecule has 32 heavy (non-hydrogen) atoms. The number of carbonyl (C=O) groups is 1. The highest BCUT2D eigenvalue weighted by Crippen LogP contribution is 2.30. The summed E-state index contributed by atoms with van der Waals surface area (Å²) in [5.74, 6) is 1.56. The van der Waals surface area contributed by atoms with Gasteiger partial charge in [0.15, 0.2) is 5.65 Å². The van der Waals surface area contributed by atoms with Gasteiger partial charge >= 0.3 is 5.69 Å². The van der Waals surface area contributed by atoms with Crippen LogP contribution in [0.5, 0.6) is 0 Å². The number of nitrogens with zero attached hydrogens (tertiary/aromatic N) is 4. The second-order valence-corrected chi connectivity index (χ2v) is 8.05. The third-order valence-electron chi connectivity index (χ3n) is 5.80. The van der Waals surface area contributed by atoms with E-state index in [1.54, 1.807) is 0 Å². The molecular formula is C22H29N7O3. The summed E-state index contributed by atoms with van der Waals surface area (Å²) < 4.78 is 1.49. The largest absolute Gasteiger partial charge is 0.370 e. The molecule has 10 heteroatoms. The molecule has 170 valence electrons. The maximum absolute atomic E-state index is 12.5. The summed E-state index contributed by atoms with van der Waals surface area (Å²) in [6.45, 7) is 5.96. The van der Waals surface area contributed by atoms with Crippen molar-refractivity contribution < 1.29 is 4.79 Å². The number of H-pyrrole nitrogens is 2. The number of aryl methyl sites for hydroxylation is 2. The number of pyridine rings is 1. The first-order valence-corrected chi connectivity index (χ1v) is 11.2. The molecule has 10 nitrogen and oxygen atoms in total. The van der Waals surface area contributed by atoms with Gasteiger partial charge in [-0.3, -0.25) is 19.1 Å². The van der Waals surface area contributed by atoms with Gasteiger partial charge in [-0.25, -0.2) is 14.8 Å². The van der Waals surface area contributed by atoms with Gasteiger partial charge in [-0.15, -0.1) is 0 Å². The fourth-order valence-corrected chi connectivity index (χ4v) is 4.30. The van der Waals surface area contributed by atoms with Crippen molar-refractivity contribution in [2.24, 2.45) is 0 Å². The standard InChI is InChI=1S/C22H29N7O3/c1-3-11-29-20-19(21(31)27-22(29)32)25-17(26-20)10-8-15(28-12-5-6-18(28)30)14-7-9-16(23-4-2)24-13-14/h7,9,13,15H,3-6,8,10-12H2,1-2H3,(H,23,24)(H,25,26)(H,27,31,32)/t15-/m0/s1. The number of rotatable bonds is 9. The number of anilines is 1. The lowest BCUT2D eigenvalue weighted by molar-refractivity contribution is -0.130. The molecule has 1 atom stereocenters. The molecule has 0 radical (unpaired) electrons. The van der Waals surface area contributed by atoms with E-state index in [1.807, 2.05) is 37.1 Å². The molecule has 4 rings (SSSR count). The van der Waals surface area contributed by atoms with Crippen molar-refractivity contribution in [3.8, 4) is 0 Å². The van der Waals surface area contributed by atoms with Crippen LogP contribution in [-0.4, -0.2) is 48.4 Å². The van der Waals surface area contributed by atoms with Crippen LogP contribution in [0, 0.1) is 0 Å². The van der Waals surface area contributed by atoms with E-state index in [0.29, 0.717) is 49.3 Å². The summed E-state index contributed by atoms with van der Waals surface area (Å²) in [5, 5.41) is 3.18. The molecule has 0 spiro atoms. The number of amides is 1. The molecule has 1 aliphatic rings. The van der Waals surface area contributed by atoms with E-state index in [4.69, 9.17) is 0 Å². The molecule has 1 fully saturated rings. The summed E-state index contributed by atoms with van der Waals surface area (Å²) in [7, 11) is 0. The summed E-state index contributed by atoms with van der Waals surface area (Å²) in [5.41, 5.74) is 0.735. The van der Waals surface area contributed by atoms with Gasteiger partial charge in [0.2, 0.25) is 5.91 Å². The van der Waals surface area contributed by atoms with Gasteiger partial charge in [0, 0.05) is 38.7 Å². The zero-order chi connectivity index (χ0) is 22.7. The number of aromatic nitrogens is 5. The van der Waals surface area contributed by atoms with Crippen molar-refractivity contribution in [3.63, 3.8) is 0 Å². The Labute approximate surface area is 185 Å². The predicted octanol–water partition coefficient (Wildman–Crippen LogP) is 1.95. The third kappa shape index (κ3) is 4.30. The van der Waals surface area contributed by atoms with Crippen LogP contribution in [0.1, 0.15) is 57.0 Å². The Morgan fingerprint density at radius 1 is 1.19 bits per heavy atom. The molecule has 3 aromatic rings. The van der Waals surface area contributed by atoms with Crippen molar-refractivity contribution in [2.75, 3.05) is 18.4 Å². The number of imidazole rings is 1. The molecule has 1 saturated heterocycles. The number of aromatic amines is 2. The fourth-order valence-electron chi connectivity index (χ4n) is 4.30. The van der Waals surface area contributed by atoms with Gasteiger partial charge in [0.25, 0.3) is 5.56 Å². The second-order valence-electron chi connectivity index (χ2n) is 8.05. The van der Waals surface area contributed by atoms with Crippen LogP contribution in [-0.2, 0) is 17.8 Å². The molecule has 0 unspecified atom stereocenters. The van der Waals surface area contributed by atoms with Crippen molar-refractivity contribution in [1.29, 1.82) is 0 Å². The lowest BCUT2D eigenvalue weighted by Crippen LogP contribution is -2.30. The molecule has 4 heterocycles. The maximum atomic E-state index is 12.5. The van der Waals surface area contributed by atoms with Crippen LogP contribution in [0.25, 0.3) is 11.2 Å². The van der Waals surface area contributed by atoms with Crippen LogP contribution >= 0.6 is 0 Å². The van der Waals surface area contributed by atoms with Gasteiger partial charge in [0.1, 0.15) is 17.2 Å². The maximum Gasteiger partial charge on any atom is 0.330 e. The molecule has 3 N–H and O–H groups in total. The summed E-state index contributed by atoms with van der Waals surface area (Å²) in [4.78, 5) is 53.3. The minimum absolute atomic E-state index is 0.127. The number of hydrogen-bond donors (Lipinski definition) is 3. The summed E-state index contributed by atoms with van der Waals surface area (Å²) >= 11 is 0. The van der Waals surface area contributed by atoms with E-state index in [2.05, 4.69) is 25.3 Å². The van der Waals surface area contributed by atoms with Gasteiger partial charge in [-0.1, -0.05) is 13.0 Å². The highest BCUT2D eigenvalue weighted by Gasteiger charge is 2.29. The zero-order valence-corrected chi connectivity index (χ0v) is 18.5. The van der Waals surface area contributed by atoms with Crippen molar-refractivity contribution in [3.05, 3.63) is 50.6 Å². The van der Waals surface area contributed by atoms with E-state index in [0.717, 1.165) is 30.8 Å². The van der Waals surface area contributed by atoms with E-state index < -0.39 is 11.2 Å². The van der Waals surface area contributed by atoms with E-state index in [9.17, 15) is 14.4 Å². The van der Waals surface area contributed by atoms with Crippen LogP contribution in [0.15, 0.2) is 27.9 Å². The normalized spacial score (nSPS) is 14.9. The van der Waals surface area contributed by atoms with Gasteiger partial charge in [-0.05, 0) is 37.8 Å². The van der Waals surface area contributed by atoms with Crippen molar-refractivity contribution >= 4 is 22.9 Å². The molecule has 1 aliphatic heterocycles. The Hall–Kier alpha value is -3.43. The quantitative estimate of drug-likeness (QED) is 0.467. The Kier molecular flexibility index (Phi) is 6.38. The summed E-state index contributed by atoms with van der Waals surface area (Å²) in [6, 6.07) is 3.80. The number of hydrogen-bond acceptors (Lipinski definition) is 6. The van der Waals surface area contributed by atoms with Crippen LogP contribution < -0.4 is 16.6 Å². The Balaban J connectivity index is 1.62. The minimum atomic E-state index is -0.467. The fraction of sp³-hybridized carbons (Fsp3) is 0.500. The predicted molar refractivity (Wildman–Crippen MR) is 122 cm³/mol. The van der Waals surface area contributed by atoms with Crippen LogP contribution in [0.3, 0.4) is 0 Å². The highest BCUT2D eigenvalue weighted by molar-refractivity contribution is 5.78. The smallest absolute Gasteiger partial charge is 0.330 e.